The molecule has 1 aromatic heterocycles. The summed E-state index contributed by atoms with van der Waals surface area (Å²) in [6.07, 6.45) is 1.67. The summed E-state index contributed by atoms with van der Waals surface area (Å²) >= 11 is -1.48. The van der Waals surface area contributed by atoms with E-state index in [0.717, 1.165) is 24.1 Å². The van der Waals surface area contributed by atoms with Crippen molar-refractivity contribution in [3.05, 3.63) is 40.3 Å². The van der Waals surface area contributed by atoms with Crippen LogP contribution in [0.4, 0.5) is 4.39 Å². The standard InChI is InChI=1S/C22H26FN3O2S/c1-13-19(12-24)18-11-16(23)10-17(14(2)26-29(27)22(3,4)5)21(18)25-20(13)15-6-8-28-9-7-15/h10-11,15H,6-9H2,1-5H3. The molecule has 5 nitrogen and oxygen atoms in total. The van der Waals surface area contributed by atoms with Crippen LogP contribution in [0.25, 0.3) is 10.9 Å². The minimum Gasteiger partial charge on any atom is -0.591 e. The lowest BCUT2D eigenvalue weighted by molar-refractivity contribution is 0.0844. The summed E-state index contributed by atoms with van der Waals surface area (Å²) in [7, 11) is 0. The maximum atomic E-state index is 14.4. The molecule has 1 fully saturated rings. The quantitative estimate of drug-likeness (QED) is 0.536. The van der Waals surface area contributed by atoms with Crippen LogP contribution in [0.1, 0.15) is 68.8 Å². The summed E-state index contributed by atoms with van der Waals surface area (Å²) in [6, 6.07) is 4.94. The fourth-order valence-electron chi connectivity index (χ4n) is 3.54. The molecule has 0 aliphatic carbocycles. The molecule has 0 amide bonds. The molecule has 1 saturated heterocycles. The molecule has 1 atom stereocenters. The van der Waals surface area contributed by atoms with E-state index in [9.17, 15) is 14.2 Å². The molecule has 1 aliphatic heterocycles. The van der Waals surface area contributed by atoms with Gasteiger partial charge in [-0.2, -0.15) is 5.26 Å². The highest BCUT2D eigenvalue weighted by atomic mass is 32.2. The van der Waals surface area contributed by atoms with Crippen molar-refractivity contribution < 1.29 is 13.7 Å². The minimum absolute atomic E-state index is 0.194. The molecule has 1 aliphatic rings. The molecule has 0 N–H and O–H groups in total. The predicted molar refractivity (Wildman–Crippen MR) is 114 cm³/mol. The number of nitrogens with zero attached hydrogens (tertiary/aromatic N) is 3. The van der Waals surface area contributed by atoms with Gasteiger partial charge in [-0.1, -0.05) is 4.40 Å². The van der Waals surface area contributed by atoms with Crippen LogP contribution in [0.15, 0.2) is 16.5 Å². The number of fused-ring (bicyclic) bond motifs is 1. The zero-order valence-corrected chi connectivity index (χ0v) is 18.3. The highest BCUT2D eigenvalue weighted by Gasteiger charge is 2.28. The van der Waals surface area contributed by atoms with Crippen molar-refractivity contribution in [3.63, 3.8) is 0 Å². The first-order valence-corrected chi connectivity index (χ1v) is 10.8. The Bertz CT molecular complexity index is 1000. The molecule has 7 heteroatoms. The number of hydrogen-bond acceptors (Lipinski definition) is 5. The molecule has 2 heterocycles. The van der Waals surface area contributed by atoms with Gasteiger partial charge >= 0.3 is 0 Å². The van der Waals surface area contributed by atoms with Crippen molar-refractivity contribution in [2.24, 2.45) is 4.40 Å². The number of rotatable bonds is 3. The largest absolute Gasteiger partial charge is 0.591 e. The highest BCUT2D eigenvalue weighted by molar-refractivity contribution is 7.91. The molecule has 3 rings (SSSR count). The van der Waals surface area contributed by atoms with E-state index in [0.29, 0.717) is 41.0 Å². The monoisotopic (exact) mass is 415 g/mol. The number of halogens is 1. The van der Waals surface area contributed by atoms with Gasteiger partial charge in [0.2, 0.25) is 0 Å². The van der Waals surface area contributed by atoms with Crippen LogP contribution in [0, 0.1) is 24.1 Å². The zero-order valence-electron chi connectivity index (χ0n) is 17.5. The third-order valence-electron chi connectivity index (χ3n) is 5.19. The van der Waals surface area contributed by atoms with E-state index in [1.54, 1.807) is 6.92 Å². The summed E-state index contributed by atoms with van der Waals surface area (Å²) in [4.78, 5) is 4.89. The number of hydrogen-bond donors (Lipinski definition) is 0. The SMILES string of the molecule is CC(=N[S+]([O-])C(C)(C)C)c1cc(F)cc2c(C#N)c(C)c(C3CCOCC3)nc12. The Kier molecular flexibility index (Phi) is 6.27. The van der Waals surface area contributed by atoms with Crippen LogP contribution in [0.3, 0.4) is 0 Å². The van der Waals surface area contributed by atoms with Crippen molar-refractivity contribution in [1.82, 2.24) is 4.98 Å². The average molecular weight is 416 g/mol. The molecule has 29 heavy (non-hydrogen) atoms. The van der Waals surface area contributed by atoms with Gasteiger partial charge in [0.05, 0.1) is 16.8 Å². The molecular weight excluding hydrogens is 389 g/mol. The Balaban J connectivity index is 2.25. The van der Waals surface area contributed by atoms with Crippen molar-refractivity contribution in [2.45, 2.75) is 58.1 Å². The Hall–Kier alpha value is -2.01. The van der Waals surface area contributed by atoms with E-state index in [1.807, 2.05) is 27.7 Å². The van der Waals surface area contributed by atoms with Gasteiger partial charge in [0.25, 0.3) is 0 Å². The number of benzene rings is 1. The van der Waals surface area contributed by atoms with Gasteiger partial charge in [-0.15, -0.1) is 0 Å². The first-order chi connectivity index (χ1) is 13.6. The zero-order chi connectivity index (χ0) is 21.3. The third-order valence-corrected chi connectivity index (χ3v) is 6.68. The Labute approximate surface area is 174 Å². The minimum atomic E-state index is -1.48. The van der Waals surface area contributed by atoms with Gasteiger partial charge in [-0.25, -0.2) is 4.39 Å². The Morgan fingerprint density at radius 3 is 2.59 bits per heavy atom. The second kappa shape index (κ2) is 8.39. The van der Waals surface area contributed by atoms with Crippen molar-refractivity contribution >= 4 is 28.0 Å². The fraction of sp³-hybridized carbons (Fsp3) is 0.500. The summed E-state index contributed by atoms with van der Waals surface area (Å²) in [5, 5.41) is 10.3. The number of nitriles is 1. The average Bonchev–Trinajstić information content (AvgIpc) is 2.67. The number of aromatic nitrogens is 1. The van der Waals surface area contributed by atoms with Gasteiger partial charge in [-0.3, -0.25) is 4.98 Å². The smallest absolute Gasteiger partial charge is 0.144 e. The van der Waals surface area contributed by atoms with E-state index < -0.39 is 21.9 Å². The lowest BCUT2D eigenvalue weighted by atomic mass is 9.89. The maximum absolute atomic E-state index is 14.4. The van der Waals surface area contributed by atoms with Crippen LogP contribution in [-0.4, -0.2) is 33.2 Å². The topological polar surface area (TPSA) is 81.3 Å². The van der Waals surface area contributed by atoms with Gasteiger partial charge in [0.15, 0.2) is 0 Å². The Morgan fingerprint density at radius 1 is 1.34 bits per heavy atom. The van der Waals surface area contributed by atoms with E-state index in [1.165, 1.54) is 12.1 Å². The van der Waals surface area contributed by atoms with E-state index in [-0.39, 0.29) is 5.92 Å². The van der Waals surface area contributed by atoms with Crippen LogP contribution in [0.2, 0.25) is 0 Å². The molecule has 2 aromatic rings. The second-order valence-corrected chi connectivity index (χ2v) is 10.3. The first-order valence-electron chi connectivity index (χ1n) is 9.72. The predicted octanol–water partition coefficient (Wildman–Crippen LogP) is 4.72. The summed E-state index contributed by atoms with van der Waals surface area (Å²) in [5.74, 6) is -0.279. The number of ether oxygens (including phenoxy) is 1. The molecule has 0 bridgehead atoms. The van der Waals surface area contributed by atoms with Gasteiger partial charge in [-0.05, 0) is 65.2 Å². The van der Waals surface area contributed by atoms with Gasteiger partial charge in [0.1, 0.15) is 28.0 Å². The van der Waals surface area contributed by atoms with Crippen LogP contribution in [-0.2, 0) is 16.1 Å². The molecule has 1 aromatic carbocycles. The summed E-state index contributed by atoms with van der Waals surface area (Å²) in [6.45, 7) is 10.4. The maximum Gasteiger partial charge on any atom is 0.144 e. The molecular formula is C22H26FN3O2S. The second-order valence-electron chi connectivity index (χ2n) is 8.38. The van der Waals surface area contributed by atoms with E-state index >= 15 is 0 Å². The van der Waals surface area contributed by atoms with Crippen LogP contribution < -0.4 is 0 Å². The normalized spacial score (nSPS) is 17.4. The van der Waals surface area contributed by atoms with Crippen molar-refractivity contribution in [3.8, 4) is 6.07 Å². The molecule has 0 saturated carbocycles. The lowest BCUT2D eigenvalue weighted by Crippen LogP contribution is -2.26. The van der Waals surface area contributed by atoms with Crippen molar-refractivity contribution in [1.29, 1.82) is 5.26 Å². The highest BCUT2D eigenvalue weighted by Crippen LogP contribution is 2.34. The number of pyridine rings is 1. The molecule has 1 unspecified atom stereocenters. The third kappa shape index (κ3) is 4.45. The van der Waals surface area contributed by atoms with Gasteiger partial charge in [0, 0.05) is 35.8 Å². The molecule has 154 valence electrons. The first kappa shape index (κ1) is 21.7. The fourth-order valence-corrected chi connectivity index (χ4v) is 4.16. The van der Waals surface area contributed by atoms with Crippen LogP contribution in [0.5, 0.6) is 0 Å². The summed E-state index contributed by atoms with van der Waals surface area (Å²) in [5.41, 5.74) is 3.53. The van der Waals surface area contributed by atoms with Gasteiger partial charge < -0.3 is 9.29 Å². The van der Waals surface area contributed by atoms with Crippen LogP contribution >= 0.6 is 0 Å². The molecule has 0 radical (unpaired) electrons. The summed E-state index contributed by atoms with van der Waals surface area (Å²) < 4.78 is 36.2. The molecule has 0 spiro atoms. The lowest BCUT2D eigenvalue weighted by Gasteiger charge is -2.24. The van der Waals surface area contributed by atoms with Crippen molar-refractivity contribution in [2.75, 3.05) is 13.2 Å². The Morgan fingerprint density at radius 2 is 2.00 bits per heavy atom. The van der Waals surface area contributed by atoms with E-state index in [4.69, 9.17) is 9.72 Å². The van der Waals surface area contributed by atoms with E-state index in [2.05, 4.69) is 10.5 Å².